The number of amides is 2. The van der Waals surface area contributed by atoms with Crippen LogP contribution in [0.3, 0.4) is 0 Å². The molecule has 7 rings (SSSR count). The van der Waals surface area contributed by atoms with E-state index in [1.165, 1.54) is 18.1 Å². The average molecular weight is 537 g/mol. The van der Waals surface area contributed by atoms with E-state index in [0.29, 0.717) is 28.7 Å². The molecule has 39 heavy (non-hydrogen) atoms. The number of nitrogens with zero attached hydrogens (tertiary/aromatic N) is 4. The summed E-state index contributed by atoms with van der Waals surface area (Å²) in [7, 11) is 1.35. The van der Waals surface area contributed by atoms with Gasteiger partial charge in [-0.15, -0.1) is 0 Å². The lowest BCUT2D eigenvalue weighted by Gasteiger charge is -2.37. The van der Waals surface area contributed by atoms with Crippen LogP contribution in [0.5, 0.6) is 5.75 Å². The van der Waals surface area contributed by atoms with Gasteiger partial charge in [-0.2, -0.15) is 5.48 Å². The Balaban J connectivity index is 1.21. The molecule has 11 nitrogen and oxygen atoms in total. The maximum atomic E-state index is 14.9. The fraction of sp³-hybridized carbons (Fsp3) is 0.444. The molecule has 2 aromatic heterocycles. The van der Waals surface area contributed by atoms with Crippen LogP contribution in [-0.4, -0.2) is 78.7 Å². The van der Waals surface area contributed by atoms with Gasteiger partial charge in [0.25, 0.3) is 11.8 Å². The van der Waals surface area contributed by atoms with Gasteiger partial charge < -0.3 is 24.3 Å². The van der Waals surface area contributed by atoms with Gasteiger partial charge in [0.1, 0.15) is 23.8 Å². The minimum atomic E-state index is -1.56. The number of carbonyl (C=O) groups excluding carboxylic acids is 2. The first-order chi connectivity index (χ1) is 18.9. The Bertz CT molecular complexity index is 1490. The summed E-state index contributed by atoms with van der Waals surface area (Å²) in [6.07, 6.45) is 1.13. The van der Waals surface area contributed by atoms with Gasteiger partial charge in [0.05, 0.1) is 19.2 Å². The van der Waals surface area contributed by atoms with Crippen molar-refractivity contribution in [1.82, 2.24) is 25.6 Å². The van der Waals surface area contributed by atoms with E-state index in [4.69, 9.17) is 19.0 Å². The highest BCUT2D eigenvalue weighted by atomic mass is 19.1. The first kappa shape index (κ1) is 24.3. The first-order valence-corrected chi connectivity index (χ1v) is 13.2. The number of nitrogens with one attached hydrogen (secondary N) is 2. The Hall–Kier alpha value is -3.74. The predicted molar refractivity (Wildman–Crippen MR) is 137 cm³/mol. The number of hydrogen-bond donors (Lipinski definition) is 2. The number of likely N-dealkylation sites (N-methyl/N-ethyl adjacent to an activating group) is 1. The van der Waals surface area contributed by atoms with Gasteiger partial charge in [-0.3, -0.25) is 19.3 Å². The number of carbonyl (C=O) groups is 2. The zero-order valence-corrected chi connectivity index (χ0v) is 21.7. The maximum absolute atomic E-state index is 14.9. The Labute approximate surface area is 223 Å². The van der Waals surface area contributed by atoms with Crippen LogP contribution in [0.4, 0.5) is 10.2 Å². The number of benzene rings is 1. The summed E-state index contributed by atoms with van der Waals surface area (Å²) in [5, 5.41) is 2.69. The van der Waals surface area contributed by atoms with Crippen LogP contribution in [0.15, 0.2) is 34.7 Å². The van der Waals surface area contributed by atoms with Gasteiger partial charge in [0.2, 0.25) is 0 Å². The number of hydroxylamine groups is 1. The van der Waals surface area contributed by atoms with Gasteiger partial charge >= 0.3 is 0 Å². The molecule has 2 bridgehead atoms. The zero-order chi connectivity index (χ0) is 26.9. The van der Waals surface area contributed by atoms with E-state index in [9.17, 15) is 14.0 Å². The number of methoxy groups -OCH3 is 1. The van der Waals surface area contributed by atoms with E-state index in [0.717, 1.165) is 31.9 Å². The molecular weight excluding hydrogens is 507 g/mol. The topological polar surface area (TPSA) is 112 Å². The second-order valence-corrected chi connectivity index (χ2v) is 10.5. The molecule has 0 aliphatic carbocycles. The third-order valence-corrected chi connectivity index (χ3v) is 8.48. The molecular formula is C27H29FN6O5. The van der Waals surface area contributed by atoms with Gasteiger partial charge in [-0.1, -0.05) is 13.0 Å². The second kappa shape index (κ2) is 8.90. The largest absolute Gasteiger partial charge is 0.494 e. The Kier molecular flexibility index (Phi) is 5.55. The molecule has 204 valence electrons. The number of anilines is 1. The van der Waals surface area contributed by atoms with Crippen molar-refractivity contribution in [2.75, 3.05) is 44.9 Å². The van der Waals surface area contributed by atoms with E-state index in [2.05, 4.69) is 27.5 Å². The third kappa shape index (κ3) is 3.62. The Morgan fingerprint density at radius 2 is 2.08 bits per heavy atom. The fourth-order valence-corrected chi connectivity index (χ4v) is 6.47. The monoisotopic (exact) mass is 536 g/mol. The van der Waals surface area contributed by atoms with Crippen molar-refractivity contribution in [3.63, 3.8) is 0 Å². The van der Waals surface area contributed by atoms with E-state index >= 15 is 0 Å². The van der Waals surface area contributed by atoms with Crippen molar-refractivity contribution in [2.24, 2.45) is 0 Å². The van der Waals surface area contributed by atoms with Crippen LogP contribution in [-0.2, 0) is 21.7 Å². The standard InChI is InChI=1S/C27H29FN6O5/c1-3-32-11-17-8-16(32)12-34(17)22-7-6-19-18(30-22)9-21(39-19)27(26(36)29-14-38-31-27)13-33-10-15-4-5-20(37-2)24(28)23(15)25(33)35/h4-7,9,16-17,31H,3,8,10-14H2,1-2H3,(H,29,36)/t16-,17-,27-/m0/s1. The number of hydrogen-bond acceptors (Lipinski definition) is 9. The van der Waals surface area contributed by atoms with Crippen molar-refractivity contribution >= 4 is 28.7 Å². The van der Waals surface area contributed by atoms with Crippen molar-refractivity contribution in [3.05, 3.63) is 53.0 Å². The van der Waals surface area contributed by atoms with E-state index in [1.807, 2.05) is 12.1 Å². The molecule has 4 aliphatic rings. The fourth-order valence-electron chi connectivity index (χ4n) is 6.47. The van der Waals surface area contributed by atoms with Crippen LogP contribution in [0.1, 0.15) is 35.0 Å². The molecule has 2 N–H and O–H groups in total. The number of rotatable bonds is 6. The molecule has 0 saturated carbocycles. The summed E-state index contributed by atoms with van der Waals surface area (Å²) in [5.41, 5.74) is 2.82. The molecule has 3 atom stereocenters. The lowest BCUT2D eigenvalue weighted by molar-refractivity contribution is -0.154. The average Bonchev–Trinajstić information content (AvgIpc) is 3.72. The van der Waals surface area contributed by atoms with Gasteiger partial charge in [-0.05, 0) is 36.7 Å². The van der Waals surface area contributed by atoms with Crippen LogP contribution in [0.2, 0.25) is 0 Å². The number of fused-ring (bicyclic) bond motifs is 4. The lowest BCUT2D eigenvalue weighted by atomic mass is 9.94. The third-order valence-electron chi connectivity index (χ3n) is 8.48. The molecule has 0 unspecified atom stereocenters. The predicted octanol–water partition coefficient (Wildman–Crippen LogP) is 1.72. The maximum Gasteiger partial charge on any atom is 0.257 e. The molecule has 0 radical (unpaired) electrons. The molecule has 3 fully saturated rings. The van der Waals surface area contributed by atoms with Gasteiger partial charge in [0.15, 0.2) is 22.7 Å². The number of ether oxygens (including phenoxy) is 1. The van der Waals surface area contributed by atoms with Crippen LogP contribution >= 0.6 is 0 Å². The molecule has 1 aromatic carbocycles. The van der Waals surface area contributed by atoms with E-state index < -0.39 is 23.2 Å². The minimum absolute atomic E-state index is 0.0108. The molecule has 3 aromatic rings. The van der Waals surface area contributed by atoms with E-state index in [-0.39, 0.29) is 36.9 Å². The number of furan rings is 1. The zero-order valence-electron chi connectivity index (χ0n) is 21.7. The van der Waals surface area contributed by atoms with E-state index in [1.54, 1.807) is 12.1 Å². The number of pyridine rings is 1. The van der Waals surface area contributed by atoms with Crippen molar-refractivity contribution in [3.8, 4) is 5.75 Å². The molecule has 12 heteroatoms. The summed E-state index contributed by atoms with van der Waals surface area (Å²) < 4.78 is 26.1. The molecule has 4 aliphatic heterocycles. The smallest absolute Gasteiger partial charge is 0.257 e. The van der Waals surface area contributed by atoms with Crippen LogP contribution in [0.25, 0.3) is 11.1 Å². The van der Waals surface area contributed by atoms with Crippen molar-refractivity contribution < 1.29 is 28.0 Å². The molecule has 6 heterocycles. The minimum Gasteiger partial charge on any atom is -0.494 e. The second-order valence-electron chi connectivity index (χ2n) is 10.5. The highest BCUT2D eigenvalue weighted by molar-refractivity contribution is 6.00. The van der Waals surface area contributed by atoms with Gasteiger partial charge in [0, 0.05) is 37.8 Å². The first-order valence-electron chi connectivity index (χ1n) is 13.2. The Morgan fingerprint density at radius 1 is 1.21 bits per heavy atom. The summed E-state index contributed by atoms with van der Waals surface area (Å²) in [5.74, 6) is -0.565. The summed E-state index contributed by atoms with van der Waals surface area (Å²) in [6, 6.07) is 9.64. The van der Waals surface area contributed by atoms with Crippen molar-refractivity contribution in [2.45, 2.75) is 37.5 Å². The number of aromatic nitrogens is 1. The highest BCUT2D eigenvalue weighted by Crippen LogP contribution is 2.37. The summed E-state index contributed by atoms with van der Waals surface area (Å²) in [4.78, 5) is 43.2. The number of likely N-dealkylation sites (tertiary alicyclic amines) is 1. The number of halogens is 1. The normalized spacial score (nSPS) is 26.5. The van der Waals surface area contributed by atoms with Gasteiger partial charge in [-0.25, -0.2) is 9.37 Å². The highest BCUT2D eigenvalue weighted by Gasteiger charge is 2.50. The molecule has 0 spiro atoms. The summed E-state index contributed by atoms with van der Waals surface area (Å²) in [6.45, 7) is 5.14. The summed E-state index contributed by atoms with van der Waals surface area (Å²) >= 11 is 0. The lowest BCUT2D eigenvalue weighted by Crippen LogP contribution is -2.64. The number of piperazine rings is 1. The van der Waals surface area contributed by atoms with Crippen molar-refractivity contribution in [1.29, 1.82) is 0 Å². The molecule has 2 amide bonds. The quantitative estimate of drug-likeness (QED) is 0.486. The van der Waals surface area contributed by atoms with Crippen LogP contribution < -0.4 is 20.4 Å². The SMILES string of the molecule is CCN1C[C@@H]2C[C@H]1CN2c1ccc2oc([C@]3(CN4Cc5ccc(OC)c(F)c5C4=O)NOCNC3=O)cc2n1. The van der Waals surface area contributed by atoms with Crippen LogP contribution in [0, 0.1) is 5.82 Å². The Morgan fingerprint density at radius 3 is 2.82 bits per heavy atom. The molecule has 3 saturated heterocycles.